The van der Waals surface area contributed by atoms with Crippen molar-refractivity contribution < 1.29 is 24.2 Å². The Labute approximate surface area is 128 Å². The lowest BCUT2D eigenvalue weighted by atomic mass is 9.73. The Morgan fingerprint density at radius 2 is 1.95 bits per heavy atom. The largest absolute Gasteiger partial charge is 0.481 e. The lowest BCUT2D eigenvalue weighted by Crippen LogP contribution is -2.45. The molecule has 0 bridgehead atoms. The summed E-state index contributed by atoms with van der Waals surface area (Å²) in [6.07, 6.45) is 1.25. The van der Waals surface area contributed by atoms with E-state index in [9.17, 15) is 9.59 Å². The Balaban J connectivity index is 1.69. The summed E-state index contributed by atoms with van der Waals surface area (Å²) in [6.45, 7) is 3.13. The topological polar surface area (TPSA) is 76.1 Å². The first kappa shape index (κ1) is 14.7. The van der Waals surface area contributed by atoms with Gasteiger partial charge in [0.15, 0.2) is 11.5 Å². The van der Waals surface area contributed by atoms with Crippen molar-refractivity contribution in [1.82, 2.24) is 4.90 Å². The number of hydrogen-bond donors (Lipinski definition) is 1. The fraction of sp³-hybridized carbons (Fsp3) is 0.500. The first-order valence-corrected chi connectivity index (χ1v) is 7.50. The highest BCUT2D eigenvalue weighted by atomic mass is 16.7. The summed E-state index contributed by atoms with van der Waals surface area (Å²) < 4.78 is 10.6. The second-order valence-corrected chi connectivity index (χ2v) is 5.67. The number of nitrogens with zero attached hydrogens (tertiary/aromatic N) is 1. The molecule has 3 rings (SSSR count). The molecule has 0 radical (unpaired) electrons. The number of hydrogen-bond acceptors (Lipinski definition) is 4. The highest BCUT2D eigenvalue weighted by Crippen LogP contribution is 2.37. The minimum atomic E-state index is -0.872. The zero-order valence-corrected chi connectivity index (χ0v) is 12.4. The van der Waals surface area contributed by atoms with Gasteiger partial charge in [-0.3, -0.25) is 9.59 Å². The van der Waals surface area contributed by atoms with Crippen LogP contribution in [0.25, 0.3) is 0 Å². The molecule has 1 heterocycles. The van der Waals surface area contributed by atoms with Gasteiger partial charge >= 0.3 is 5.97 Å². The van der Waals surface area contributed by atoms with Gasteiger partial charge in [0.1, 0.15) is 0 Å². The van der Waals surface area contributed by atoms with Crippen molar-refractivity contribution in [2.45, 2.75) is 26.3 Å². The van der Waals surface area contributed by atoms with Gasteiger partial charge < -0.3 is 19.5 Å². The smallest absolute Gasteiger partial charge is 0.307 e. The number of amides is 1. The number of carbonyl (C=O) groups excluding carboxylic acids is 1. The van der Waals surface area contributed by atoms with Gasteiger partial charge in [-0.25, -0.2) is 0 Å². The van der Waals surface area contributed by atoms with Crippen LogP contribution in [-0.2, 0) is 16.1 Å². The molecular formula is C16H19NO5. The molecule has 6 nitrogen and oxygen atoms in total. The van der Waals surface area contributed by atoms with Gasteiger partial charge in [0.2, 0.25) is 12.7 Å². The van der Waals surface area contributed by atoms with Crippen molar-refractivity contribution >= 4 is 11.9 Å². The van der Waals surface area contributed by atoms with Gasteiger partial charge in [-0.2, -0.15) is 0 Å². The van der Waals surface area contributed by atoms with Crippen LogP contribution in [0.1, 0.15) is 25.3 Å². The van der Waals surface area contributed by atoms with E-state index in [0.717, 1.165) is 5.56 Å². The predicted octanol–water partition coefficient (Wildman–Crippen LogP) is 1.87. The number of benzene rings is 1. The molecule has 118 valence electrons. The first-order valence-electron chi connectivity index (χ1n) is 7.50. The van der Waals surface area contributed by atoms with Crippen molar-refractivity contribution in [3.63, 3.8) is 0 Å². The maximum atomic E-state index is 12.5. The molecule has 2 atom stereocenters. The minimum absolute atomic E-state index is 0.0705. The van der Waals surface area contributed by atoms with Crippen molar-refractivity contribution in [2.75, 3.05) is 13.3 Å². The molecular weight excluding hydrogens is 286 g/mol. The minimum Gasteiger partial charge on any atom is -0.481 e. The average molecular weight is 305 g/mol. The Morgan fingerprint density at radius 1 is 1.23 bits per heavy atom. The average Bonchev–Trinajstić information content (AvgIpc) is 2.90. The van der Waals surface area contributed by atoms with Gasteiger partial charge in [0, 0.05) is 13.1 Å². The summed E-state index contributed by atoms with van der Waals surface area (Å²) in [7, 11) is 0. The summed E-state index contributed by atoms with van der Waals surface area (Å²) in [5, 5.41) is 9.10. The molecule has 2 aliphatic rings. The molecule has 1 saturated carbocycles. The Morgan fingerprint density at radius 3 is 2.59 bits per heavy atom. The summed E-state index contributed by atoms with van der Waals surface area (Å²) in [5.41, 5.74) is 0.950. The van der Waals surface area contributed by atoms with E-state index in [4.69, 9.17) is 14.6 Å². The SMILES string of the molecule is CCN(Cc1ccc2c(c1)OCO2)C(=O)C1CCC1C(=O)O. The number of fused-ring (bicyclic) bond motifs is 1. The zero-order chi connectivity index (χ0) is 15.7. The summed E-state index contributed by atoms with van der Waals surface area (Å²) in [4.78, 5) is 25.3. The zero-order valence-electron chi connectivity index (χ0n) is 12.4. The Bertz CT molecular complexity index is 600. The number of ether oxygens (including phenoxy) is 2. The molecule has 1 N–H and O–H groups in total. The second kappa shape index (κ2) is 5.87. The lowest BCUT2D eigenvalue weighted by Gasteiger charge is -2.36. The van der Waals surface area contributed by atoms with Crippen molar-refractivity contribution in [2.24, 2.45) is 11.8 Å². The summed E-state index contributed by atoms with van der Waals surface area (Å²) in [6, 6.07) is 5.60. The fourth-order valence-electron chi connectivity index (χ4n) is 2.93. The maximum absolute atomic E-state index is 12.5. The van der Waals surface area contributed by atoms with Gasteiger partial charge in [0.05, 0.1) is 11.8 Å². The third kappa shape index (κ3) is 2.61. The van der Waals surface area contributed by atoms with E-state index in [-0.39, 0.29) is 18.6 Å². The molecule has 22 heavy (non-hydrogen) atoms. The lowest BCUT2D eigenvalue weighted by molar-refractivity contribution is -0.156. The van der Waals surface area contributed by atoms with Crippen LogP contribution in [0.4, 0.5) is 0 Å². The number of carbonyl (C=O) groups is 2. The van der Waals surface area contributed by atoms with Crippen LogP contribution in [0.2, 0.25) is 0 Å². The predicted molar refractivity (Wildman–Crippen MR) is 77.5 cm³/mol. The van der Waals surface area contributed by atoms with Gasteiger partial charge in [-0.1, -0.05) is 6.07 Å². The molecule has 2 unspecified atom stereocenters. The van der Waals surface area contributed by atoms with Crippen molar-refractivity contribution in [3.05, 3.63) is 23.8 Å². The van der Waals surface area contributed by atoms with Gasteiger partial charge in [-0.15, -0.1) is 0 Å². The molecule has 6 heteroatoms. The maximum Gasteiger partial charge on any atom is 0.307 e. The van der Waals surface area contributed by atoms with E-state index < -0.39 is 11.9 Å². The number of rotatable bonds is 5. The molecule has 0 saturated heterocycles. The van der Waals surface area contributed by atoms with Crippen molar-refractivity contribution in [1.29, 1.82) is 0 Å². The quantitative estimate of drug-likeness (QED) is 0.899. The molecule has 1 aliphatic carbocycles. The van der Waals surface area contributed by atoms with Crippen LogP contribution in [0.15, 0.2) is 18.2 Å². The number of aliphatic carboxylic acids is 1. The first-order chi connectivity index (χ1) is 10.6. The number of carboxylic acid groups (broad SMARTS) is 1. The molecule has 0 spiro atoms. The van der Waals surface area contributed by atoms with E-state index >= 15 is 0 Å². The third-order valence-electron chi connectivity index (χ3n) is 4.41. The van der Waals surface area contributed by atoms with Crippen LogP contribution in [0, 0.1) is 11.8 Å². The van der Waals surface area contributed by atoms with Crippen LogP contribution >= 0.6 is 0 Å². The van der Waals surface area contributed by atoms with Gasteiger partial charge in [-0.05, 0) is 37.5 Å². The van der Waals surface area contributed by atoms with E-state index in [1.807, 2.05) is 25.1 Å². The summed E-state index contributed by atoms with van der Waals surface area (Å²) >= 11 is 0. The Kier molecular flexibility index (Phi) is 3.92. The highest BCUT2D eigenvalue weighted by Gasteiger charge is 2.42. The fourth-order valence-corrected chi connectivity index (χ4v) is 2.93. The van der Waals surface area contributed by atoms with Crippen molar-refractivity contribution in [3.8, 4) is 11.5 Å². The molecule has 1 aliphatic heterocycles. The van der Waals surface area contributed by atoms with Crippen LogP contribution in [0.5, 0.6) is 11.5 Å². The standard InChI is InChI=1S/C16H19NO5/c1-2-17(15(18)11-4-5-12(11)16(19)20)8-10-3-6-13-14(7-10)22-9-21-13/h3,6-7,11-12H,2,4-5,8-9H2,1H3,(H,19,20). The summed E-state index contributed by atoms with van der Waals surface area (Å²) in [5.74, 6) is -0.455. The number of carboxylic acids is 1. The van der Waals surface area contributed by atoms with E-state index in [1.165, 1.54) is 0 Å². The monoisotopic (exact) mass is 305 g/mol. The second-order valence-electron chi connectivity index (χ2n) is 5.67. The van der Waals surface area contributed by atoms with E-state index in [2.05, 4.69) is 0 Å². The molecule has 1 amide bonds. The van der Waals surface area contributed by atoms with Gasteiger partial charge in [0.25, 0.3) is 0 Å². The van der Waals surface area contributed by atoms with Crippen LogP contribution in [0.3, 0.4) is 0 Å². The normalized spacial score (nSPS) is 22.0. The molecule has 0 aromatic heterocycles. The van der Waals surface area contributed by atoms with Crippen LogP contribution < -0.4 is 9.47 Å². The third-order valence-corrected chi connectivity index (χ3v) is 4.41. The Hall–Kier alpha value is -2.24. The van der Waals surface area contributed by atoms with E-state index in [0.29, 0.717) is 37.4 Å². The molecule has 1 fully saturated rings. The van der Waals surface area contributed by atoms with E-state index in [1.54, 1.807) is 4.90 Å². The van der Waals surface area contributed by atoms with Crippen LogP contribution in [-0.4, -0.2) is 35.2 Å². The molecule has 1 aromatic rings. The highest BCUT2D eigenvalue weighted by molar-refractivity contribution is 5.86. The molecule has 1 aromatic carbocycles.